The van der Waals surface area contributed by atoms with Gasteiger partial charge in [-0.3, -0.25) is 9.89 Å². The van der Waals surface area contributed by atoms with Crippen molar-refractivity contribution in [2.45, 2.75) is 0 Å². The molecule has 13 heavy (non-hydrogen) atoms. The lowest BCUT2D eigenvalue weighted by Crippen LogP contribution is -2.20. The van der Waals surface area contributed by atoms with E-state index in [0.29, 0.717) is 5.75 Å². The van der Waals surface area contributed by atoms with Crippen LogP contribution in [-0.4, -0.2) is 9.94 Å². The summed E-state index contributed by atoms with van der Waals surface area (Å²) in [5.74, 6) is 0.618. The van der Waals surface area contributed by atoms with Gasteiger partial charge in [0, 0.05) is 12.3 Å². The number of H-pyrrole nitrogens is 1. The van der Waals surface area contributed by atoms with Crippen molar-refractivity contribution in [3.05, 3.63) is 52.9 Å². The van der Waals surface area contributed by atoms with Crippen molar-refractivity contribution >= 4 is 0 Å². The van der Waals surface area contributed by atoms with Crippen LogP contribution in [-0.2, 0) is 0 Å². The molecule has 0 unspecified atom stereocenters. The summed E-state index contributed by atoms with van der Waals surface area (Å²) in [6, 6.07) is 10.5. The van der Waals surface area contributed by atoms with Gasteiger partial charge in [-0.15, -0.1) is 0 Å². The fourth-order valence-corrected chi connectivity index (χ4v) is 0.966. The molecule has 1 N–H and O–H groups in total. The second-order valence-electron chi connectivity index (χ2n) is 2.50. The average molecular weight is 176 g/mol. The molecule has 0 fully saturated rings. The minimum absolute atomic E-state index is 0.219. The molecule has 0 aliphatic rings. The van der Waals surface area contributed by atoms with Crippen LogP contribution in [0.3, 0.4) is 0 Å². The van der Waals surface area contributed by atoms with Crippen LogP contribution in [0.5, 0.6) is 5.75 Å². The zero-order chi connectivity index (χ0) is 9.10. The maximum atomic E-state index is 11.0. The van der Waals surface area contributed by atoms with Crippen molar-refractivity contribution in [2.75, 3.05) is 0 Å². The molecule has 0 aliphatic carbocycles. The Labute approximate surface area is 74.3 Å². The zero-order valence-electron chi connectivity index (χ0n) is 6.81. The number of para-hydroxylation sites is 1. The third-order valence-corrected chi connectivity index (χ3v) is 1.56. The van der Waals surface area contributed by atoms with Gasteiger partial charge in [-0.05, 0) is 12.1 Å². The van der Waals surface area contributed by atoms with Crippen molar-refractivity contribution < 1.29 is 4.84 Å². The van der Waals surface area contributed by atoms with Gasteiger partial charge in [0.05, 0.1) is 0 Å². The largest absolute Gasteiger partial charge is 0.356 e. The Morgan fingerprint density at radius 2 is 1.92 bits per heavy atom. The Bertz CT molecular complexity index is 430. The zero-order valence-corrected chi connectivity index (χ0v) is 6.81. The van der Waals surface area contributed by atoms with E-state index in [1.165, 1.54) is 12.3 Å². The number of nitrogens with one attached hydrogen (secondary N) is 1. The molecule has 0 spiro atoms. The molecule has 66 valence electrons. The molecule has 1 heterocycles. The highest BCUT2D eigenvalue weighted by molar-refractivity contribution is 5.20. The van der Waals surface area contributed by atoms with E-state index in [2.05, 4.69) is 5.10 Å². The van der Waals surface area contributed by atoms with Crippen molar-refractivity contribution in [1.29, 1.82) is 0 Å². The van der Waals surface area contributed by atoms with Gasteiger partial charge in [-0.2, -0.15) is 0 Å². The lowest BCUT2D eigenvalue weighted by molar-refractivity contribution is 0.170. The Hall–Kier alpha value is -1.97. The number of nitrogens with zero attached hydrogens (tertiary/aromatic N) is 1. The highest BCUT2D eigenvalue weighted by atomic mass is 16.7. The van der Waals surface area contributed by atoms with E-state index in [-0.39, 0.29) is 5.56 Å². The lowest BCUT2D eigenvalue weighted by atomic mass is 10.3. The van der Waals surface area contributed by atoms with E-state index in [1.54, 1.807) is 12.1 Å². The van der Waals surface area contributed by atoms with Crippen LogP contribution in [0.4, 0.5) is 0 Å². The first-order valence-electron chi connectivity index (χ1n) is 3.86. The van der Waals surface area contributed by atoms with Crippen LogP contribution in [0.1, 0.15) is 0 Å². The predicted molar refractivity (Wildman–Crippen MR) is 47.5 cm³/mol. The topological polar surface area (TPSA) is 47.0 Å². The number of aromatic amines is 1. The van der Waals surface area contributed by atoms with Gasteiger partial charge in [0.15, 0.2) is 5.75 Å². The highest BCUT2D eigenvalue weighted by Crippen LogP contribution is 2.07. The SMILES string of the molecule is O=c1cc[nH]n1Oc1ccccc1. The predicted octanol–water partition coefficient (Wildman–Crippen LogP) is 1.02. The van der Waals surface area contributed by atoms with Gasteiger partial charge >= 0.3 is 5.56 Å². The first-order chi connectivity index (χ1) is 6.36. The van der Waals surface area contributed by atoms with Gasteiger partial charge in [0.25, 0.3) is 0 Å². The molecule has 2 rings (SSSR count). The molecule has 4 heteroatoms. The summed E-state index contributed by atoms with van der Waals surface area (Å²) in [6.07, 6.45) is 1.52. The Balaban J connectivity index is 2.25. The van der Waals surface area contributed by atoms with Crippen LogP contribution in [0.2, 0.25) is 0 Å². The van der Waals surface area contributed by atoms with Crippen molar-refractivity contribution in [1.82, 2.24) is 9.94 Å². The number of hydrogen-bond donors (Lipinski definition) is 1. The summed E-state index contributed by atoms with van der Waals surface area (Å²) in [5, 5.41) is 2.64. The van der Waals surface area contributed by atoms with E-state index in [1.807, 2.05) is 18.2 Å². The van der Waals surface area contributed by atoms with Crippen LogP contribution < -0.4 is 10.4 Å². The minimum Gasteiger partial charge on any atom is -0.356 e. The maximum Gasteiger partial charge on any atom is 0.302 e. The molecule has 0 saturated carbocycles. The minimum atomic E-state index is -0.219. The number of aromatic nitrogens is 2. The van der Waals surface area contributed by atoms with Crippen molar-refractivity contribution in [2.24, 2.45) is 0 Å². The molecule has 0 aliphatic heterocycles. The Morgan fingerprint density at radius 3 is 2.54 bits per heavy atom. The fourth-order valence-electron chi connectivity index (χ4n) is 0.966. The molecular weight excluding hydrogens is 168 g/mol. The van der Waals surface area contributed by atoms with E-state index in [0.717, 1.165) is 4.85 Å². The summed E-state index contributed by atoms with van der Waals surface area (Å²) >= 11 is 0. The Morgan fingerprint density at radius 1 is 1.15 bits per heavy atom. The van der Waals surface area contributed by atoms with E-state index in [4.69, 9.17) is 4.84 Å². The summed E-state index contributed by atoms with van der Waals surface area (Å²) < 4.78 is 0. The quantitative estimate of drug-likeness (QED) is 0.742. The first-order valence-corrected chi connectivity index (χ1v) is 3.86. The monoisotopic (exact) mass is 176 g/mol. The molecule has 0 bridgehead atoms. The second-order valence-corrected chi connectivity index (χ2v) is 2.50. The molecule has 0 amide bonds. The highest BCUT2D eigenvalue weighted by Gasteiger charge is 1.96. The third kappa shape index (κ3) is 1.61. The second kappa shape index (κ2) is 3.18. The molecule has 0 radical (unpaired) electrons. The molecule has 1 aromatic heterocycles. The van der Waals surface area contributed by atoms with Gasteiger partial charge in [0.2, 0.25) is 0 Å². The van der Waals surface area contributed by atoms with Gasteiger partial charge in [-0.1, -0.05) is 23.0 Å². The summed E-state index contributed by atoms with van der Waals surface area (Å²) in [7, 11) is 0. The average Bonchev–Trinajstić information content (AvgIpc) is 2.54. The summed E-state index contributed by atoms with van der Waals surface area (Å²) in [5.41, 5.74) is -0.219. The van der Waals surface area contributed by atoms with Crippen LogP contribution in [0, 0.1) is 0 Å². The fraction of sp³-hybridized carbons (Fsp3) is 0. The maximum absolute atomic E-state index is 11.0. The smallest absolute Gasteiger partial charge is 0.302 e. The van der Waals surface area contributed by atoms with Crippen LogP contribution in [0.25, 0.3) is 0 Å². The van der Waals surface area contributed by atoms with E-state index < -0.39 is 0 Å². The lowest BCUT2D eigenvalue weighted by Gasteiger charge is -2.02. The number of benzene rings is 1. The van der Waals surface area contributed by atoms with Crippen LogP contribution in [0.15, 0.2) is 47.4 Å². The molecular formula is C9H8N2O2. The van der Waals surface area contributed by atoms with E-state index >= 15 is 0 Å². The molecule has 0 atom stereocenters. The summed E-state index contributed by atoms with van der Waals surface area (Å²) in [6.45, 7) is 0. The number of hydrogen-bond acceptors (Lipinski definition) is 2. The number of rotatable bonds is 2. The van der Waals surface area contributed by atoms with Crippen molar-refractivity contribution in [3.63, 3.8) is 0 Å². The Kier molecular flexibility index (Phi) is 1.88. The van der Waals surface area contributed by atoms with Gasteiger partial charge in [0.1, 0.15) is 0 Å². The van der Waals surface area contributed by atoms with Gasteiger partial charge < -0.3 is 4.84 Å². The third-order valence-electron chi connectivity index (χ3n) is 1.56. The molecule has 0 saturated heterocycles. The van der Waals surface area contributed by atoms with Crippen LogP contribution >= 0.6 is 0 Å². The molecule has 4 nitrogen and oxygen atoms in total. The van der Waals surface area contributed by atoms with Gasteiger partial charge in [-0.25, -0.2) is 0 Å². The normalized spacial score (nSPS) is 9.85. The molecule has 2 aromatic rings. The standard InChI is InChI=1S/C9H8N2O2/c12-9-6-7-10-11(9)13-8-4-2-1-3-5-8/h1-7,10H. The van der Waals surface area contributed by atoms with Crippen molar-refractivity contribution in [3.8, 4) is 5.75 Å². The summed E-state index contributed by atoms with van der Waals surface area (Å²) in [4.78, 5) is 17.3. The van der Waals surface area contributed by atoms with E-state index in [9.17, 15) is 4.79 Å². The molecule has 1 aromatic carbocycles. The first kappa shape index (κ1) is 7.67.